The highest BCUT2D eigenvalue weighted by atomic mass is 35.5. The number of nitrogens with zero attached hydrogens (tertiary/aromatic N) is 2. The molecule has 3 aliphatic rings. The van der Waals surface area contributed by atoms with Crippen LogP contribution in [0.3, 0.4) is 0 Å². The number of piperidine rings is 3. The van der Waals surface area contributed by atoms with Gasteiger partial charge in [0.15, 0.2) is 0 Å². The maximum Gasteiger partial charge on any atom is 0.414 e. The molecule has 0 aliphatic carbocycles. The third-order valence-corrected chi connectivity index (χ3v) is 6.07. The van der Waals surface area contributed by atoms with Gasteiger partial charge in [0.2, 0.25) is 0 Å². The van der Waals surface area contributed by atoms with Crippen LogP contribution in [0.25, 0.3) is 0 Å². The zero-order chi connectivity index (χ0) is 20.4. The number of hydrogen-bond donors (Lipinski definition) is 1. The van der Waals surface area contributed by atoms with Crippen LogP contribution < -0.4 is 4.90 Å². The largest absolute Gasteiger partial charge is 0.478 e. The molecular weight excluding hydrogens is 392 g/mol. The standard InChI is InChI=1S/C22H23ClN2O4/c23-18-3-1-2-4-19(18)25(13-15-5-7-17(8-6-15)21(26)27)22(28)29-20-14-24-11-9-16(20)10-12-24/h1-8,16,20H,9-14H2,(H,26,27)/t20-/m0/s1. The molecule has 7 heteroatoms. The van der Waals surface area contributed by atoms with E-state index < -0.39 is 12.1 Å². The number of carboxylic acid groups (broad SMARTS) is 1. The Labute approximate surface area is 174 Å². The second-order valence-electron chi connectivity index (χ2n) is 7.60. The van der Waals surface area contributed by atoms with E-state index in [9.17, 15) is 9.59 Å². The van der Waals surface area contributed by atoms with Crippen LogP contribution >= 0.6 is 11.6 Å². The zero-order valence-electron chi connectivity index (χ0n) is 16.0. The molecule has 2 aromatic rings. The van der Waals surface area contributed by atoms with Gasteiger partial charge in [0.25, 0.3) is 0 Å². The first-order valence-electron chi connectivity index (χ1n) is 9.78. The second kappa shape index (κ2) is 8.43. The summed E-state index contributed by atoms with van der Waals surface area (Å²) in [5, 5.41) is 9.55. The van der Waals surface area contributed by atoms with E-state index in [4.69, 9.17) is 21.4 Å². The van der Waals surface area contributed by atoms with Crippen molar-refractivity contribution in [2.45, 2.75) is 25.5 Å². The summed E-state index contributed by atoms with van der Waals surface area (Å²) in [6, 6.07) is 13.6. The van der Waals surface area contributed by atoms with Crippen LogP contribution in [0.2, 0.25) is 5.02 Å². The van der Waals surface area contributed by atoms with E-state index in [0.29, 0.717) is 16.6 Å². The summed E-state index contributed by atoms with van der Waals surface area (Å²) in [6.07, 6.45) is 1.57. The summed E-state index contributed by atoms with van der Waals surface area (Å²) in [7, 11) is 0. The first-order valence-corrected chi connectivity index (χ1v) is 10.2. The minimum absolute atomic E-state index is 0.107. The number of aromatic carboxylic acids is 1. The lowest BCUT2D eigenvalue weighted by Crippen LogP contribution is -2.53. The predicted molar refractivity (Wildman–Crippen MR) is 110 cm³/mol. The molecule has 5 rings (SSSR count). The number of rotatable bonds is 5. The molecule has 6 nitrogen and oxygen atoms in total. The monoisotopic (exact) mass is 414 g/mol. The number of hydrogen-bond acceptors (Lipinski definition) is 4. The summed E-state index contributed by atoms with van der Waals surface area (Å²) in [6.45, 7) is 3.16. The molecule has 1 amide bonds. The first-order chi connectivity index (χ1) is 14.0. The topological polar surface area (TPSA) is 70.1 Å². The van der Waals surface area contributed by atoms with Crippen molar-refractivity contribution < 1.29 is 19.4 Å². The van der Waals surface area contributed by atoms with E-state index in [1.54, 1.807) is 24.3 Å². The lowest BCUT2D eigenvalue weighted by atomic mass is 9.86. The van der Waals surface area contributed by atoms with Crippen molar-refractivity contribution in [1.82, 2.24) is 4.90 Å². The number of carbonyl (C=O) groups is 2. The Morgan fingerprint density at radius 1 is 1.10 bits per heavy atom. The van der Waals surface area contributed by atoms with E-state index in [2.05, 4.69) is 4.90 Å². The van der Waals surface area contributed by atoms with Crippen molar-refractivity contribution in [3.05, 3.63) is 64.7 Å². The van der Waals surface area contributed by atoms with E-state index in [-0.39, 0.29) is 18.2 Å². The molecule has 0 aromatic heterocycles. The van der Waals surface area contributed by atoms with Crippen LogP contribution in [-0.4, -0.2) is 47.8 Å². The SMILES string of the molecule is O=C(O)c1ccc(CN(C(=O)O[C@H]2CN3CCC2CC3)c2ccccc2Cl)cc1. The zero-order valence-corrected chi connectivity index (χ0v) is 16.7. The Kier molecular flexibility index (Phi) is 5.74. The summed E-state index contributed by atoms with van der Waals surface area (Å²) in [5.41, 5.74) is 1.57. The van der Waals surface area contributed by atoms with E-state index >= 15 is 0 Å². The quantitative estimate of drug-likeness (QED) is 0.790. The van der Waals surface area contributed by atoms with Gasteiger partial charge in [-0.3, -0.25) is 9.80 Å². The van der Waals surface area contributed by atoms with E-state index in [1.807, 2.05) is 12.1 Å². The van der Waals surface area contributed by atoms with Crippen LogP contribution in [0, 0.1) is 5.92 Å². The molecule has 1 N–H and O–H groups in total. The number of fused-ring (bicyclic) bond motifs is 3. The molecule has 29 heavy (non-hydrogen) atoms. The number of amides is 1. The fourth-order valence-corrected chi connectivity index (χ4v) is 4.33. The molecule has 3 heterocycles. The molecule has 2 aromatic carbocycles. The van der Waals surface area contributed by atoms with Crippen molar-refractivity contribution >= 4 is 29.4 Å². The Bertz CT molecular complexity index is 894. The third kappa shape index (κ3) is 4.38. The summed E-state index contributed by atoms with van der Waals surface area (Å²) < 4.78 is 5.92. The molecule has 0 radical (unpaired) electrons. The molecule has 2 bridgehead atoms. The smallest absolute Gasteiger partial charge is 0.414 e. The summed E-state index contributed by atoms with van der Waals surface area (Å²) in [4.78, 5) is 28.1. The lowest BCUT2D eigenvalue weighted by molar-refractivity contribution is -0.0311. The summed E-state index contributed by atoms with van der Waals surface area (Å²) >= 11 is 6.37. The average Bonchev–Trinajstić information content (AvgIpc) is 2.74. The number of ether oxygens (including phenoxy) is 1. The van der Waals surface area contributed by atoms with E-state index in [1.165, 1.54) is 17.0 Å². The maximum atomic E-state index is 13.2. The Morgan fingerprint density at radius 2 is 1.79 bits per heavy atom. The van der Waals surface area contributed by atoms with Gasteiger partial charge in [-0.1, -0.05) is 35.9 Å². The Hall–Kier alpha value is -2.57. The van der Waals surface area contributed by atoms with Crippen molar-refractivity contribution in [3.63, 3.8) is 0 Å². The molecule has 0 unspecified atom stereocenters. The number of benzene rings is 2. The number of carbonyl (C=O) groups excluding carboxylic acids is 1. The minimum atomic E-state index is -0.985. The van der Waals surface area contributed by atoms with Crippen LogP contribution in [-0.2, 0) is 11.3 Å². The molecule has 1 atom stereocenters. The maximum absolute atomic E-state index is 13.2. The fraction of sp³-hybridized carbons (Fsp3) is 0.364. The average molecular weight is 415 g/mol. The number of para-hydroxylation sites is 1. The number of halogens is 1. The van der Waals surface area contributed by atoms with Crippen LogP contribution in [0.1, 0.15) is 28.8 Å². The van der Waals surface area contributed by atoms with Crippen molar-refractivity contribution in [1.29, 1.82) is 0 Å². The predicted octanol–water partition coefficient (Wildman–Crippen LogP) is 4.28. The minimum Gasteiger partial charge on any atom is -0.478 e. The van der Waals surface area contributed by atoms with Gasteiger partial charge in [0, 0.05) is 6.54 Å². The highest BCUT2D eigenvalue weighted by molar-refractivity contribution is 6.33. The van der Waals surface area contributed by atoms with Gasteiger partial charge in [0.05, 0.1) is 22.8 Å². The molecule has 3 aliphatic heterocycles. The van der Waals surface area contributed by atoms with Gasteiger partial charge in [-0.15, -0.1) is 0 Å². The van der Waals surface area contributed by atoms with Gasteiger partial charge in [-0.2, -0.15) is 0 Å². The van der Waals surface area contributed by atoms with E-state index in [0.717, 1.165) is 38.0 Å². The van der Waals surface area contributed by atoms with Crippen LogP contribution in [0.15, 0.2) is 48.5 Å². The van der Waals surface area contributed by atoms with Gasteiger partial charge >= 0.3 is 12.1 Å². The Morgan fingerprint density at radius 3 is 2.38 bits per heavy atom. The number of carboxylic acids is 1. The van der Waals surface area contributed by atoms with Gasteiger partial charge in [-0.05, 0) is 61.7 Å². The molecule has 3 fully saturated rings. The van der Waals surface area contributed by atoms with Gasteiger partial charge in [-0.25, -0.2) is 9.59 Å². The van der Waals surface area contributed by atoms with Crippen molar-refractivity contribution in [3.8, 4) is 0 Å². The van der Waals surface area contributed by atoms with Crippen molar-refractivity contribution in [2.24, 2.45) is 5.92 Å². The molecule has 3 saturated heterocycles. The van der Waals surface area contributed by atoms with Gasteiger partial charge in [0.1, 0.15) is 6.10 Å². The van der Waals surface area contributed by atoms with Crippen LogP contribution in [0.4, 0.5) is 10.5 Å². The molecular formula is C22H23ClN2O4. The summed E-state index contributed by atoms with van der Waals surface area (Å²) in [5.74, 6) is -0.576. The lowest BCUT2D eigenvalue weighted by Gasteiger charge is -2.44. The third-order valence-electron chi connectivity index (χ3n) is 5.75. The molecule has 152 valence electrons. The second-order valence-corrected chi connectivity index (χ2v) is 8.01. The number of anilines is 1. The van der Waals surface area contributed by atoms with Crippen molar-refractivity contribution in [2.75, 3.05) is 24.5 Å². The highest BCUT2D eigenvalue weighted by Gasteiger charge is 2.37. The fourth-order valence-electron chi connectivity index (χ4n) is 4.09. The van der Waals surface area contributed by atoms with Gasteiger partial charge < -0.3 is 9.84 Å². The van der Waals surface area contributed by atoms with Crippen LogP contribution in [0.5, 0.6) is 0 Å². The molecule has 0 saturated carbocycles. The Balaban J connectivity index is 1.56. The highest BCUT2D eigenvalue weighted by Crippen LogP contribution is 2.32. The first kappa shape index (κ1) is 19.7. The normalized spacial score (nSPS) is 22.9. The molecule has 0 spiro atoms.